The summed E-state index contributed by atoms with van der Waals surface area (Å²) in [5.41, 5.74) is 0. The lowest BCUT2D eigenvalue weighted by atomic mass is 9.91. The van der Waals surface area contributed by atoms with Crippen LogP contribution in [0.1, 0.15) is 233 Å². The highest BCUT2D eigenvalue weighted by Gasteiger charge is 2.16. The second-order valence-electron chi connectivity index (χ2n) is 14.5. The minimum Gasteiger partial charge on any atom is -0.466 e. The highest BCUT2D eigenvalue weighted by molar-refractivity contribution is 5.70. The summed E-state index contributed by atoms with van der Waals surface area (Å²) in [5.74, 6) is 0.857. The van der Waals surface area contributed by atoms with E-state index in [-0.39, 0.29) is 11.9 Å². The van der Waals surface area contributed by atoms with Gasteiger partial charge in [-0.3, -0.25) is 9.59 Å². The molecule has 4 nitrogen and oxygen atoms in total. The lowest BCUT2D eigenvalue weighted by Crippen LogP contribution is -2.14. The van der Waals surface area contributed by atoms with Gasteiger partial charge in [-0.05, 0) is 50.4 Å². The molecule has 0 aromatic carbocycles. The van der Waals surface area contributed by atoms with Crippen molar-refractivity contribution in [3.8, 4) is 0 Å². The zero-order valence-corrected chi connectivity index (χ0v) is 31.8. The van der Waals surface area contributed by atoms with Gasteiger partial charge in [0.2, 0.25) is 0 Å². The smallest absolute Gasteiger partial charge is 0.306 e. The molecule has 0 rings (SSSR count). The second-order valence-corrected chi connectivity index (χ2v) is 14.5. The van der Waals surface area contributed by atoms with Crippen LogP contribution in [0.4, 0.5) is 0 Å². The fourth-order valence-electron chi connectivity index (χ4n) is 6.72. The summed E-state index contributed by atoms with van der Waals surface area (Å²) in [6.45, 7) is 9.94. The largest absolute Gasteiger partial charge is 0.466 e. The van der Waals surface area contributed by atoms with E-state index >= 15 is 0 Å². The van der Waals surface area contributed by atoms with Crippen molar-refractivity contribution in [3.05, 3.63) is 0 Å². The summed E-state index contributed by atoms with van der Waals surface area (Å²) >= 11 is 0. The van der Waals surface area contributed by atoms with E-state index in [1.807, 2.05) is 0 Å². The van der Waals surface area contributed by atoms with Gasteiger partial charge in [0.1, 0.15) is 0 Å². The van der Waals surface area contributed by atoms with E-state index < -0.39 is 0 Å². The van der Waals surface area contributed by atoms with Crippen molar-refractivity contribution in [1.29, 1.82) is 0 Å². The van der Waals surface area contributed by atoms with Gasteiger partial charge in [0, 0.05) is 12.8 Å². The number of unbranched alkanes of at least 4 members (excludes halogenated alkanes) is 21. The van der Waals surface area contributed by atoms with Crippen LogP contribution >= 0.6 is 0 Å². The van der Waals surface area contributed by atoms with E-state index in [4.69, 9.17) is 9.47 Å². The molecule has 0 amide bonds. The molecular formula is C42H82O4. The third-order valence-corrected chi connectivity index (χ3v) is 9.84. The maximum Gasteiger partial charge on any atom is 0.306 e. The van der Waals surface area contributed by atoms with E-state index in [0.717, 1.165) is 38.5 Å². The predicted octanol–water partition coefficient (Wildman–Crippen LogP) is 13.9. The maximum absolute atomic E-state index is 12.7. The summed E-state index contributed by atoms with van der Waals surface area (Å²) in [4.78, 5) is 25.4. The van der Waals surface area contributed by atoms with Crippen LogP contribution in [-0.2, 0) is 19.1 Å². The Morgan fingerprint density at radius 1 is 0.348 bits per heavy atom. The van der Waals surface area contributed by atoms with Crippen molar-refractivity contribution in [3.63, 3.8) is 0 Å². The van der Waals surface area contributed by atoms with Gasteiger partial charge in [-0.1, -0.05) is 182 Å². The highest BCUT2D eigenvalue weighted by Crippen LogP contribution is 2.24. The van der Waals surface area contributed by atoms with E-state index in [1.54, 1.807) is 0 Å². The number of ether oxygens (including phenoxy) is 2. The molecular weight excluding hydrogens is 568 g/mol. The van der Waals surface area contributed by atoms with E-state index in [2.05, 4.69) is 27.7 Å². The minimum absolute atomic E-state index is 0.0359. The molecule has 0 saturated heterocycles. The lowest BCUT2D eigenvalue weighted by Gasteiger charge is -2.17. The van der Waals surface area contributed by atoms with Crippen molar-refractivity contribution in [2.45, 2.75) is 233 Å². The summed E-state index contributed by atoms with van der Waals surface area (Å²) in [5, 5.41) is 0. The predicted molar refractivity (Wildman–Crippen MR) is 199 cm³/mol. The molecule has 0 aromatic rings. The van der Waals surface area contributed by atoms with Gasteiger partial charge in [-0.15, -0.1) is 0 Å². The zero-order chi connectivity index (χ0) is 33.8. The summed E-state index contributed by atoms with van der Waals surface area (Å²) in [6.07, 6.45) is 38.6. The molecule has 0 bridgehead atoms. The molecule has 0 atom stereocenters. The number of hydrogen-bond donors (Lipinski definition) is 0. The first-order valence-corrected chi connectivity index (χ1v) is 20.9. The van der Waals surface area contributed by atoms with Gasteiger partial charge in [0.15, 0.2) is 0 Å². The topological polar surface area (TPSA) is 52.6 Å². The summed E-state index contributed by atoms with van der Waals surface area (Å²) in [6, 6.07) is 0. The molecule has 0 aliphatic carbocycles. The highest BCUT2D eigenvalue weighted by atomic mass is 16.5. The standard InChI is InChI=1S/C42H82O4/c1-5-9-13-17-21-25-31-39(32-26-22-18-14-10-6-2)37-41(43)45-35-29-30-36-46-42(44)38-40(33-27-23-19-15-11-7-3)34-28-24-20-16-12-8-4/h39-40H,5-38H2,1-4H3. The third-order valence-electron chi connectivity index (χ3n) is 9.84. The monoisotopic (exact) mass is 651 g/mol. The Hall–Kier alpha value is -1.06. The van der Waals surface area contributed by atoms with Crippen molar-refractivity contribution >= 4 is 11.9 Å². The van der Waals surface area contributed by atoms with Gasteiger partial charge >= 0.3 is 11.9 Å². The Morgan fingerprint density at radius 2 is 0.587 bits per heavy atom. The molecule has 0 aromatic heterocycles. The Labute approximate surface area is 288 Å². The maximum atomic E-state index is 12.7. The van der Waals surface area contributed by atoms with Crippen molar-refractivity contribution in [2.75, 3.05) is 13.2 Å². The van der Waals surface area contributed by atoms with Gasteiger partial charge in [0.25, 0.3) is 0 Å². The number of esters is 2. The average Bonchev–Trinajstić information content (AvgIpc) is 3.05. The molecule has 0 spiro atoms. The van der Waals surface area contributed by atoms with Crippen molar-refractivity contribution < 1.29 is 19.1 Å². The van der Waals surface area contributed by atoms with E-state index in [1.165, 1.54) is 154 Å². The van der Waals surface area contributed by atoms with Gasteiger partial charge in [-0.2, -0.15) is 0 Å². The van der Waals surface area contributed by atoms with Crippen LogP contribution in [0.3, 0.4) is 0 Å². The van der Waals surface area contributed by atoms with Crippen LogP contribution < -0.4 is 0 Å². The van der Waals surface area contributed by atoms with Crippen LogP contribution in [0.5, 0.6) is 0 Å². The SMILES string of the molecule is CCCCCCCCC(CCCCCCCC)CC(=O)OCCCCOC(=O)CC(CCCCCCCC)CCCCCCCC. The van der Waals surface area contributed by atoms with E-state index in [9.17, 15) is 9.59 Å². The van der Waals surface area contributed by atoms with Gasteiger partial charge < -0.3 is 9.47 Å². The average molecular weight is 651 g/mol. The molecule has 0 aliphatic heterocycles. The zero-order valence-electron chi connectivity index (χ0n) is 31.8. The second kappa shape index (κ2) is 36.8. The first-order chi connectivity index (χ1) is 22.6. The molecule has 0 radical (unpaired) electrons. The number of carbonyl (C=O) groups is 2. The molecule has 0 fully saturated rings. The van der Waals surface area contributed by atoms with Crippen molar-refractivity contribution in [2.24, 2.45) is 11.8 Å². The summed E-state index contributed by atoms with van der Waals surface area (Å²) < 4.78 is 11.3. The number of carbonyl (C=O) groups excluding carboxylic acids is 2. The van der Waals surface area contributed by atoms with Gasteiger partial charge in [0.05, 0.1) is 13.2 Å². The van der Waals surface area contributed by atoms with Crippen LogP contribution in [0, 0.1) is 11.8 Å². The number of hydrogen-bond acceptors (Lipinski definition) is 4. The lowest BCUT2D eigenvalue weighted by molar-refractivity contribution is -0.147. The fourth-order valence-corrected chi connectivity index (χ4v) is 6.72. The molecule has 0 saturated carbocycles. The molecule has 0 aliphatic rings. The first-order valence-electron chi connectivity index (χ1n) is 20.9. The fraction of sp³-hybridized carbons (Fsp3) is 0.952. The molecule has 274 valence electrons. The Morgan fingerprint density at radius 3 is 0.848 bits per heavy atom. The normalized spacial score (nSPS) is 11.5. The van der Waals surface area contributed by atoms with Crippen LogP contribution in [-0.4, -0.2) is 25.2 Å². The number of rotatable bonds is 37. The molecule has 0 heterocycles. The Kier molecular flexibility index (Phi) is 35.9. The molecule has 46 heavy (non-hydrogen) atoms. The minimum atomic E-state index is -0.0359. The quantitative estimate of drug-likeness (QED) is 0.0496. The molecule has 0 unspecified atom stereocenters. The summed E-state index contributed by atoms with van der Waals surface area (Å²) in [7, 11) is 0. The first kappa shape index (κ1) is 44.9. The Bertz CT molecular complexity index is 547. The molecule has 0 N–H and O–H groups in total. The van der Waals surface area contributed by atoms with Crippen LogP contribution in [0.25, 0.3) is 0 Å². The molecule has 4 heteroatoms. The van der Waals surface area contributed by atoms with Gasteiger partial charge in [-0.25, -0.2) is 0 Å². The van der Waals surface area contributed by atoms with Crippen LogP contribution in [0.15, 0.2) is 0 Å². The third kappa shape index (κ3) is 32.9. The van der Waals surface area contributed by atoms with E-state index in [0.29, 0.717) is 37.9 Å². The Balaban J connectivity index is 4.31. The van der Waals surface area contributed by atoms with Crippen LogP contribution in [0.2, 0.25) is 0 Å². The van der Waals surface area contributed by atoms with Crippen molar-refractivity contribution in [1.82, 2.24) is 0 Å².